The fourth-order valence-corrected chi connectivity index (χ4v) is 6.93. The molecule has 0 heteroatoms. The van der Waals surface area contributed by atoms with Gasteiger partial charge in [-0.3, -0.25) is 0 Å². The van der Waals surface area contributed by atoms with E-state index in [1.807, 2.05) is 0 Å². The lowest BCUT2D eigenvalue weighted by atomic mass is 9.84. The van der Waals surface area contributed by atoms with Gasteiger partial charge in [-0.05, 0) is 94.2 Å². The van der Waals surface area contributed by atoms with Crippen LogP contribution in [0.5, 0.6) is 0 Å². The summed E-state index contributed by atoms with van der Waals surface area (Å²) in [5.41, 5.74) is 6.60. The van der Waals surface area contributed by atoms with E-state index in [1.54, 1.807) is 0 Å². The summed E-state index contributed by atoms with van der Waals surface area (Å²) in [7, 11) is 0. The Balaban J connectivity index is 1.52. The number of aryl methyl sites for hydroxylation is 1. The van der Waals surface area contributed by atoms with Crippen LogP contribution < -0.4 is 0 Å². The molecule has 8 aromatic rings. The van der Waals surface area contributed by atoms with Crippen LogP contribution in [0.15, 0.2) is 140 Å². The Kier molecular flexibility index (Phi) is 5.21. The van der Waals surface area contributed by atoms with E-state index in [1.165, 1.54) is 81.7 Å². The van der Waals surface area contributed by atoms with Gasteiger partial charge in [0.05, 0.1) is 0 Å². The van der Waals surface area contributed by atoms with Gasteiger partial charge >= 0.3 is 0 Å². The molecule has 0 spiro atoms. The molecule has 0 radical (unpaired) electrons. The number of fused-ring (bicyclic) bond motifs is 6. The molecular formula is C40H28. The largest absolute Gasteiger partial charge is 0.0622 e. The Labute approximate surface area is 234 Å². The van der Waals surface area contributed by atoms with Crippen molar-refractivity contribution in [2.45, 2.75) is 13.3 Å². The molecule has 8 aromatic carbocycles. The lowest BCUT2D eigenvalue weighted by Gasteiger charge is -2.19. The summed E-state index contributed by atoms with van der Waals surface area (Å²) in [4.78, 5) is 0. The fourth-order valence-electron chi connectivity index (χ4n) is 6.93. The molecule has 0 nitrogen and oxygen atoms in total. The average Bonchev–Trinajstić information content (AvgIpc) is 3.02. The highest BCUT2D eigenvalue weighted by atomic mass is 14.2. The van der Waals surface area contributed by atoms with E-state index in [2.05, 4.69) is 146 Å². The topological polar surface area (TPSA) is 0 Å². The van der Waals surface area contributed by atoms with Gasteiger partial charge in [-0.15, -0.1) is 0 Å². The molecule has 40 heavy (non-hydrogen) atoms. The van der Waals surface area contributed by atoms with Crippen LogP contribution in [0.1, 0.15) is 12.5 Å². The van der Waals surface area contributed by atoms with E-state index in [-0.39, 0.29) is 0 Å². The molecule has 0 N–H and O–H groups in total. The van der Waals surface area contributed by atoms with Crippen LogP contribution in [0, 0.1) is 0 Å². The molecule has 0 aliphatic heterocycles. The van der Waals surface area contributed by atoms with Crippen LogP contribution in [0.2, 0.25) is 0 Å². The molecule has 0 aliphatic carbocycles. The molecule has 0 aliphatic rings. The van der Waals surface area contributed by atoms with Crippen molar-refractivity contribution in [2.24, 2.45) is 0 Å². The summed E-state index contributed by atoms with van der Waals surface area (Å²) in [6, 6.07) is 51.5. The van der Waals surface area contributed by atoms with Crippen molar-refractivity contribution in [1.29, 1.82) is 0 Å². The molecule has 0 bridgehead atoms. The Morgan fingerprint density at radius 2 is 0.925 bits per heavy atom. The van der Waals surface area contributed by atoms with Gasteiger partial charge in [0.25, 0.3) is 0 Å². The van der Waals surface area contributed by atoms with Gasteiger partial charge < -0.3 is 0 Å². The molecule has 0 unspecified atom stereocenters. The third kappa shape index (κ3) is 3.33. The van der Waals surface area contributed by atoms with Crippen molar-refractivity contribution in [3.05, 3.63) is 145 Å². The molecular weight excluding hydrogens is 480 g/mol. The molecule has 0 heterocycles. The van der Waals surface area contributed by atoms with Crippen LogP contribution >= 0.6 is 0 Å². The zero-order valence-electron chi connectivity index (χ0n) is 22.5. The van der Waals surface area contributed by atoms with Gasteiger partial charge in [0.15, 0.2) is 0 Å². The third-order valence-electron chi connectivity index (χ3n) is 8.63. The summed E-state index contributed by atoms with van der Waals surface area (Å²) < 4.78 is 0. The SMILES string of the molecule is CCc1c2ccccc2cc2c1ccc1c(-c3c4ccccc4c(-c4ccccc4)c4ccccc34)cccc12. The predicted molar refractivity (Wildman–Crippen MR) is 174 cm³/mol. The highest BCUT2D eigenvalue weighted by molar-refractivity contribution is 6.25. The van der Waals surface area contributed by atoms with Gasteiger partial charge in [-0.2, -0.15) is 0 Å². The first-order valence-corrected chi connectivity index (χ1v) is 14.2. The second-order valence-electron chi connectivity index (χ2n) is 10.7. The summed E-state index contributed by atoms with van der Waals surface area (Å²) in [6.45, 7) is 2.27. The lowest BCUT2D eigenvalue weighted by Crippen LogP contribution is -1.92. The molecule has 188 valence electrons. The molecule has 0 atom stereocenters. The average molecular weight is 509 g/mol. The quantitative estimate of drug-likeness (QED) is 0.164. The van der Waals surface area contributed by atoms with Crippen molar-refractivity contribution in [3.63, 3.8) is 0 Å². The maximum atomic E-state index is 2.39. The molecule has 8 rings (SSSR count). The van der Waals surface area contributed by atoms with Crippen molar-refractivity contribution in [1.82, 2.24) is 0 Å². The van der Waals surface area contributed by atoms with Crippen LogP contribution in [-0.2, 0) is 6.42 Å². The number of rotatable bonds is 3. The summed E-state index contributed by atoms with van der Waals surface area (Å²) >= 11 is 0. The van der Waals surface area contributed by atoms with E-state index in [9.17, 15) is 0 Å². The number of benzene rings is 8. The number of hydrogen-bond donors (Lipinski definition) is 0. The molecule has 0 amide bonds. The highest BCUT2D eigenvalue weighted by Gasteiger charge is 2.18. The lowest BCUT2D eigenvalue weighted by molar-refractivity contribution is 1.18. The van der Waals surface area contributed by atoms with Gasteiger partial charge in [-0.1, -0.05) is 140 Å². The van der Waals surface area contributed by atoms with Gasteiger partial charge in [0, 0.05) is 0 Å². The van der Waals surface area contributed by atoms with Crippen molar-refractivity contribution in [2.75, 3.05) is 0 Å². The van der Waals surface area contributed by atoms with Crippen molar-refractivity contribution >= 4 is 53.9 Å². The van der Waals surface area contributed by atoms with Crippen LogP contribution in [0.3, 0.4) is 0 Å². The van der Waals surface area contributed by atoms with Gasteiger partial charge in [0.2, 0.25) is 0 Å². The summed E-state index contributed by atoms with van der Waals surface area (Å²) in [6.07, 6.45) is 1.01. The van der Waals surface area contributed by atoms with E-state index >= 15 is 0 Å². The van der Waals surface area contributed by atoms with E-state index in [0.717, 1.165) is 6.42 Å². The Morgan fingerprint density at radius 3 is 1.60 bits per heavy atom. The molecule has 0 saturated heterocycles. The molecule has 0 saturated carbocycles. The predicted octanol–water partition coefficient (Wildman–Crippen LogP) is 11.3. The Morgan fingerprint density at radius 1 is 0.375 bits per heavy atom. The maximum absolute atomic E-state index is 2.39. The third-order valence-corrected chi connectivity index (χ3v) is 8.63. The summed E-state index contributed by atoms with van der Waals surface area (Å²) in [5, 5.41) is 13.2. The fraction of sp³-hybridized carbons (Fsp3) is 0.0500. The van der Waals surface area contributed by atoms with Crippen molar-refractivity contribution < 1.29 is 0 Å². The maximum Gasteiger partial charge on any atom is -0.00201 e. The van der Waals surface area contributed by atoms with E-state index in [4.69, 9.17) is 0 Å². The first kappa shape index (κ1) is 23.0. The first-order chi connectivity index (χ1) is 19.8. The monoisotopic (exact) mass is 508 g/mol. The van der Waals surface area contributed by atoms with Gasteiger partial charge in [-0.25, -0.2) is 0 Å². The minimum absolute atomic E-state index is 1.01. The van der Waals surface area contributed by atoms with Crippen LogP contribution in [0.4, 0.5) is 0 Å². The van der Waals surface area contributed by atoms with Crippen LogP contribution in [-0.4, -0.2) is 0 Å². The van der Waals surface area contributed by atoms with Crippen LogP contribution in [0.25, 0.3) is 76.1 Å². The van der Waals surface area contributed by atoms with Crippen molar-refractivity contribution in [3.8, 4) is 22.3 Å². The smallest absolute Gasteiger partial charge is 0.00201 e. The minimum atomic E-state index is 1.01. The Hall–Kier alpha value is -4.94. The van der Waals surface area contributed by atoms with Gasteiger partial charge in [0.1, 0.15) is 0 Å². The first-order valence-electron chi connectivity index (χ1n) is 14.2. The second-order valence-corrected chi connectivity index (χ2v) is 10.7. The highest BCUT2D eigenvalue weighted by Crippen LogP contribution is 2.46. The number of hydrogen-bond acceptors (Lipinski definition) is 0. The minimum Gasteiger partial charge on any atom is -0.0622 e. The molecule has 0 aromatic heterocycles. The zero-order valence-corrected chi connectivity index (χ0v) is 22.5. The normalized spacial score (nSPS) is 11.7. The summed E-state index contributed by atoms with van der Waals surface area (Å²) in [5.74, 6) is 0. The molecule has 0 fully saturated rings. The Bertz CT molecular complexity index is 2180. The van der Waals surface area contributed by atoms with E-state index < -0.39 is 0 Å². The standard InChI is InChI=1S/C40H28/c1-2-28-29-16-7-6-15-27(29)25-38-30-21-12-22-33(32(30)24-23-31(28)38)40-36-19-10-8-17-34(36)39(26-13-4-3-5-14-26)35-18-9-11-20-37(35)40/h3-25H,2H2,1H3. The second kappa shape index (κ2) is 9.07. The van der Waals surface area contributed by atoms with E-state index in [0.29, 0.717) is 0 Å². The zero-order chi connectivity index (χ0) is 26.6.